The zero-order valence-electron chi connectivity index (χ0n) is 23.4. The molecule has 0 unspecified atom stereocenters. The van der Waals surface area contributed by atoms with Crippen LogP contribution in [-0.4, -0.2) is 49.0 Å². The van der Waals surface area contributed by atoms with E-state index in [1.54, 1.807) is 6.92 Å². The number of hydrogen-bond acceptors (Lipinski definition) is 6. The van der Waals surface area contributed by atoms with Crippen molar-refractivity contribution in [3.8, 4) is 11.1 Å². The number of carbonyl (C=O) groups excluding carboxylic acids is 1. The minimum absolute atomic E-state index is 0.162. The summed E-state index contributed by atoms with van der Waals surface area (Å²) in [7, 11) is 0. The normalized spacial score (nSPS) is 17.4. The van der Waals surface area contributed by atoms with E-state index in [-0.39, 0.29) is 18.0 Å². The Morgan fingerprint density at radius 1 is 1.00 bits per heavy atom. The average Bonchev–Trinajstić information content (AvgIpc) is 3.38. The highest BCUT2D eigenvalue weighted by Crippen LogP contribution is 2.28. The molecule has 0 radical (unpaired) electrons. The van der Waals surface area contributed by atoms with E-state index in [1.165, 1.54) is 16.7 Å². The zero-order valence-corrected chi connectivity index (χ0v) is 23.4. The fourth-order valence-corrected chi connectivity index (χ4v) is 5.57. The molecular formula is C31H39N7O. The molecule has 4 aromatic rings. The topological polar surface area (TPSA) is 88.0 Å². The highest BCUT2D eigenvalue weighted by molar-refractivity contribution is 5.84. The molecule has 8 nitrogen and oxygen atoms in total. The number of aromatic nitrogens is 4. The van der Waals surface area contributed by atoms with Crippen LogP contribution in [0.15, 0.2) is 60.9 Å². The largest absolute Gasteiger partial charge is 0.364 e. The van der Waals surface area contributed by atoms with Gasteiger partial charge in [0.15, 0.2) is 17.0 Å². The van der Waals surface area contributed by atoms with Crippen molar-refractivity contribution in [2.45, 2.75) is 78.0 Å². The lowest BCUT2D eigenvalue weighted by atomic mass is 9.90. The number of carbonyl (C=O) groups is 1. The van der Waals surface area contributed by atoms with E-state index >= 15 is 0 Å². The first-order chi connectivity index (χ1) is 18.9. The molecule has 0 atom stereocenters. The molecule has 1 amide bonds. The summed E-state index contributed by atoms with van der Waals surface area (Å²) >= 11 is 0. The smallest absolute Gasteiger partial charge is 0.227 e. The average molecular weight is 526 g/mol. The molecule has 39 heavy (non-hydrogen) atoms. The lowest BCUT2D eigenvalue weighted by Gasteiger charge is -2.36. The lowest BCUT2D eigenvalue weighted by Crippen LogP contribution is -2.43. The monoisotopic (exact) mass is 525 g/mol. The minimum Gasteiger partial charge on any atom is -0.364 e. The van der Waals surface area contributed by atoms with Gasteiger partial charge in [-0.1, -0.05) is 54.6 Å². The fraction of sp³-hybridized carbons (Fsp3) is 0.419. The summed E-state index contributed by atoms with van der Waals surface area (Å²) in [5.41, 5.74) is 5.18. The predicted molar refractivity (Wildman–Crippen MR) is 158 cm³/mol. The summed E-state index contributed by atoms with van der Waals surface area (Å²) in [5, 5.41) is 7.12. The van der Waals surface area contributed by atoms with Gasteiger partial charge in [-0.05, 0) is 63.1 Å². The number of benzene rings is 2. The van der Waals surface area contributed by atoms with Gasteiger partial charge in [0.25, 0.3) is 0 Å². The Kier molecular flexibility index (Phi) is 8.10. The Bertz CT molecular complexity index is 1390. The van der Waals surface area contributed by atoms with Gasteiger partial charge < -0.3 is 20.1 Å². The highest BCUT2D eigenvalue weighted by atomic mass is 16.2. The number of nitrogens with one attached hydrogen (secondary N) is 2. The van der Waals surface area contributed by atoms with E-state index in [0.29, 0.717) is 18.5 Å². The van der Waals surface area contributed by atoms with Crippen LogP contribution in [0.25, 0.3) is 22.3 Å². The first-order valence-corrected chi connectivity index (χ1v) is 14.1. The van der Waals surface area contributed by atoms with Crippen LogP contribution in [0.5, 0.6) is 0 Å². The van der Waals surface area contributed by atoms with Gasteiger partial charge in [0.05, 0.1) is 6.33 Å². The van der Waals surface area contributed by atoms with Gasteiger partial charge in [-0.3, -0.25) is 4.79 Å². The molecule has 1 saturated carbocycles. The van der Waals surface area contributed by atoms with Crippen LogP contribution in [0.4, 0.5) is 11.8 Å². The molecule has 2 N–H and O–H groups in total. The Balaban J connectivity index is 1.32. The van der Waals surface area contributed by atoms with Crippen LogP contribution in [0, 0.1) is 0 Å². The molecule has 2 aromatic heterocycles. The van der Waals surface area contributed by atoms with Gasteiger partial charge >= 0.3 is 0 Å². The van der Waals surface area contributed by atoms with Crippen molar-refractivity contribution in [3.63, 3.8) is 0 Å². The molecule has 2 aromatic carbocycles. The molecule has 1 aliphatic rings. The highest BCUT2D eigenvalue weighted by Gasteiger charge is 2.27. The maximum atomic E-state index is 12.0. The number of imidazole rings is 1. The summed E-state index contributed by atoms with van der Waals surface area (Å²) in [4.78, 5) is 28.4. The number of amides is 1. The standard InChI is InChI=1S/C31H39N7O/c1-5-37(22(4)39)27-17-15-26(16-18-27)34-31-35-29(28-30(36-31)38(20-33-28)21(2)3)32-19-23-11-13-25(14-12-23)24-9-7-6-8-10-24/h6-14,20-21,26-27H,5,15-19H2,1-4H3,(H2,32,34,35,36). The molecule has 204 valence electrons. The molecule has 1 fully saturated rings. The molecule has 2 heterocycles. The SMILES string of the molecule is CCN(C(C)=O)C1CCC(Nc2nc(NCc3ccc(-c4ccccc4)cc3)c3ncn(C(C)C)c3n2)CC1. The van der Waals surface area contributed by atoms with Gasteiger partial charge in [-0.15, -0.1) is 0 Å². The summed E-state index contributed by atoms with van der Waals surface area (Å²) in [6, 6.07) is 19.9. The molecule has 5 rings (SSSR count). The quantitative estimate of drug-likeness (QED) is 0.267. The van der Waals surface area contributed by atoms with Crippen LogP contribution >= 0.6 is 0 Å². The van der Waals surface area contributed by atoms with E-state index in [9.17, 15) is 4.79 Å². The minimum atomic E-state index is 0.162. The van der Waals surface area contributed by atoms with E-state index in [2.05, 4.69) is 89.5 Å². The van der Waals surface area contributed by atoms with Crippen molar-refractivity contribution in [2.75, 3.05) is 17.2 Å². The second kappa shape index (κ2) is 11.8. The molecule has 0 spiro atoms. The fourth-order valence-electron chi connectivity index (χ4n) is 5.57. The van der Waals surface area contributed by atoms with Crippen LogP contribution in [0.2, 0.25) is 0 Å². The number of fused-ring (bicyclic) bond motifs is 1. The third-order valence-electron chi connectivity index (χ3n) is 7.71. The predicted octanol–water partition coefficient (Wildman–Crippen LogP) is 6.28. The van der Waals surface area contributed by atoms with Gasteiger partial charge in [0.2, 0.25) is 11.9 Å². The molecular weight excluding hydrogens is 486 g/mol. The Morgan fingerprint density at radius 3 is 2.33 bits per heavy atom. The summed E-state index contributed by atoms with van der Waals surface area (Å²) in [5.74, 6) is 1.51. The Labute approximate surface area is 230 Å². The van der Waals surface area contributed by atoms with Crippen LogP contribution in [-0.2, 0) is 11.3 Å². The molecule has 0 saturated heterocycles. The Morgan fingerprint density at radius 2 is 1.69 bits per heavy atom. The third-order valence-corrected chi connectivity index (χ3v) is 7.71. The molecule has 8 heteroatoms. The molecule has 0 aliphatic heterocycles. The van der Waals surface area contributed by atoms with Crippen molar-refractivity contribution in [3.05, 3.63) is 66.5 Å². The van der Waals surface area contributed by atoms with Gasteiger partial charge in [-0.25, -0.2) is 4.98 Å². The van der Waals surface area contributed by atoms with E-state index in [0.717, 1.165) is 49.2 Å². The molecule has 0 bridgehead atoms. The van der Waals surface area contributed by atoms with Crippen LogP contribution < -0.4 is 10.6 Å². The second-order valence-electron chi connectivity index (χ2n) is 10.7. The molecule has 1 aliphatic carbocycles. The first kappa shape index (κ1) is 26.7. The van der Waals surface area contributed by atoms with Crippen molar-refractivity contribution < 1.29 is 4.79 Å². The van der Waals surface area contributed by atoms with Gasteiger partial charge in [0.1, 0.15) is 0 Å². The Hall–Kier alpha value is -3.94. The van der Waals surface area contributed by atoms with Crippen LogP contribution in [0.1, 0.15) is 65.0 Å². The maximum absolute atomic E-state index is 12.0. The number of anilines is 2. The van der Waals surface area contributed by atoms with Crippen molar-refractivity contribution >= 4 is 28.8 Å². The second-order valence-corrected chi connectivity index (χ2v) is 10.7. The third kappa shape index (κ3) is 6.05. The lowest BCUT2D eigenvalue weighted by molar-refractivity contribution is -0.131. The van der Waals surface area contributed by atoms with E-state index in [1.807, 2.05) is 17.3 Å². The maximum Gasteiger partial charge on any atom is 0.227 e. The van der Waals surface area contributed by atoms with Crippen molar-refractivity contribution in [1.29, 1.82) is 0 Å². The van der Waals surface area contributed by atoms with E-state index < -0.39 is 0 Å². The van der Waals surface area contributed by atoms with E-state index in [4.69, 9.17) is 9.97 Å². The van der Waals surface area contributed by atoms with Gasteiger partial charge in [0, 0.05) is 38.1 Å². The summed E-state index contributed by atoms with van der Waals surface area (Å²) in [6.07, 6.45) is 5.79. The zero-order chi connectivity index (χ0) is 27.4. The number of hydrogen-bond donors (Lipinski definition) is 2. The summed E-state index contributed by atoms with van der Waals surface area (Å²) in [6.45, 7) is 9.39. The first-order valence-electron chi connectivity index (χ1n) is 14.1. The van der Waals surface area contributed by atoms with Crippen molar-refractivity contribution in [1.82, 2.24) is 24.4 Å². The van der Waals surface area contributed by atoms with Crippen LogP contribution in [0.3, 0.4) is 0 Å². The number of rotatable bonds is 9. The van der Waals surface area contributed by atoms with Gasteiger partial charge in [-0.2, -0.15) is 9.97 Å². The summed E-state index contributed by atoms with van der Waals surface area (Å²) < 4.78 is 2.09. The van der Waals surface area contributed by atoms with Crippen molar-refractivity contribution in [2.24, 2.45) is 0 Å². The number of nitrogens with zero attached hydrogens (tertiary/aromatic N) is 5.